The predicted octanol–water partition coefficient (Wildman–Crippen LogP) is 3.27. The van der Waals surface area contributed by atoms with Gasteiger partial charge in [-0.15, -0.1) is 0 Å². The maximum absolute atomic E-state index is 11.3. The van der Waals surface area contributed by atoms with Gasteiger partial charge >= 0.3 is 0 Å². The fourth-order valence-electron chi connectivity index (χ4n) is 1.93. The Morgan fingerprint density at radius 2 is 1.79 bits per heavy atom. The van der Waals surface area contributed by atoms with E-state index in [2.05, 4.69) is 6.92 Å². The number of unbranched alkanes of at least 4 members (excludes halogenated alkanes) is 1. The molecule has 2 rings (SSSR count). The van der Waals surface area contributed by atoms with Crippen molar-refractivity contribution in [1.29, 1.82) is 0 Å². The molecule has 0 radical (unpaired) electrons. The third kappa shape index (κ3) is 3.05. The first kappa shape index (κ1) is 13.8. The van der Waals surface area contributed by atoms with Gasteiger partial charge in [0.15, 0.2) is 0 Å². The molecule has 0 amide bonds. The van der Waals surface area contributed by atoms with Crippen LogP contribution in [0.5, 0.6) is 5.75 Å². The Morgan fingerprint density at radius 3 is 2.47 bits per heavy atom. The zero-order chi connectivity index (χ0) is 13.9. The summed E-state index contributed by atoms with van der Waals surface area (Å²) in [5.74, 6) is 0.636. The smallest absolute Gasteiger partial charge is 0.295 e. The predicted molar refractivity (Wildman–Crippen MR) is 74.2 cm³/mol. The Balaban J connectivity index is 2.52. The van der Waals surface area contributed by atoms with E-state index in [-0.39, 0.29) is 4.90 Å². The van der Waals surface area contributed by atoms with Crippen LogP contribution < -0.4 is 4.74 Å². The molecule has 0 spiro atoms. The van der Waals surface area contributed by atoms with Gasteiger partial charge in [0, 0.05) is 10.8 Å². The highest BCUT2D eigenvalue weighted by Gasteiger charge is 2.15. The molecule has 4 nitrogen and oxygen atoms in total. The zero-order valence-electron chi connectivity index (χ0n) is 10.7. The molecule has 1 N–H and O–H groups in total. The van der Waals surface area contributed by atoms with Gasteiger partial charge in [-0.1, -0.05) is 37.6 Å². The fourth-order valence-corrected chi connectivity index (χ4v) is 2.64. The second-order valence-corrected chi connectivity index (χ2v) is 5.67. The third-order valence-corrected chi connectivity index (χ3v) is 3.79. The van der Waals surface area contributed by atoms with Gasteiger partial charge in [-0.3, -0.25) is 4.55 Å². The van der Waals surface area contributed by atoms with Crippen LogP contribution in [-0.4, -0.2) is 19.6 Å². The van der Waals surface area contributed by atoms with Crippen LogP contribution in [-0.2, 0) is 10.1 Å². The van der Waals surface area contributed by atoms with E-state index in [1.165, 1.54) is 6.07 Å². The lowest BCUT2D eigenvalue weighted by Gasteiger charge is -2.10. The lowest BCUT2D eigenvalue weighted by molar-refractivity contribution is 0.313. The molecule has 0 aliphatic rings. The maximum atomic E-state index is 11.3. The van der Waals surface area contributed by atoms with Crippen LogP contribution in [0.15, 0.2) is 41.3 Å². The highest BCUT2D eigenvalue weighted by molar-refractivity contribution is 7.86. The van der Waals surface area contributed by atoms with Crippen LogP contribution in [0.25, 0.3) is 10.8 Å². The number of benzene rings is 2. The standard InChI is InChI=1S/C14H16O4S/c1-2-3-10-18-13-8-4-7-12-11(13)6-5-9-14(12)19(15,16)17/h4-9H,2-3,10H2,1H3,(H,15,16,17). The lowest BCUT2D eigenvalue weighted by Crippen LogP contribution is -2.01. The molecule has 2 aromatic carbocycles. The largest absolute Gasteiger partial charge is 0.493 e. The van der Waals surface area contributed by atoms with E-state index in [4.69, 9.17) is 4.74 Å². The van der Waals surface area contributed by atoms with E-state index < -0.39 is 10.1 Å². The van der Waals surface area contributed by atoms with Crippen molar-refractivity contribution >= 4 is 20.9 Å². The van der Waals surface area contributed by atoms with Crippen molar-refractivity contribution in [2.45, 2.75) is 24.7 Å². The molecule has 2 aromatic rings. The monoisotopic (exact) mass is 280 g/mol. The minimum atomic E-state index is -4.23. The molecule has 0 saturated carbocycles. The molecule has 0 aliphatic heterocycles. The molecule has 0 bridgehead atoms. The molecule has 0 unspecified atom stereocenters. The summed E-state index contributed by atoms with van der Waals surface area (Å²) in [5.41, 5.74) is 0. The van der Waals surface area contributed by atoms with Crippen molar-refractivity contribution in [2.75, 3.05) is 6.61 Å². The van der Waals surface area contributed by atoms with Crippen molar-refractivity contribution in [3.8, 4) is 5.75 Å². The molecule has 0 atom stereocenters. The Morgan fingerprint density at radius 1 is 1.11 bits per heavy atom. The van der Waals surface area contributed by atoms with Crippen LogP contribution in [0.4, 0.5) is 0 Å². The lowest BCUT2D eigenvalue weighted by atomic mass is 10.1. The summed E-state index contributed by atoms with van der Waals surface area (Å²) < 4.78 is 37.5. The van der Waals surface area contributed by atoms with Crippen LogP contribution in [0.1, 0.15) is 19.8 Å². The fraction of sp³-hybridized carbons (Fsp3) is 0.286. The Bertz CT molecular complexity index is 677. The molecule has 0 aromatic heterocycles. The van der Waals surface area contributed by atoms with Crippen LogP contribution >= 0.6 is 0 Å². The van der Waals surface area contributed by atoms with Crippen molar-refractivity contribution in [2.24, 2.45) is 0 Å². The Kier molecular flexibility index (Phi) is 4.07. The Labute approximate surface area is 112 Å². The summed E-state index contributed by atoms with van der Waals surface area (Å²) in [6.07, 6.45) is 1.97. The number of ether oxygens (including phenoxy) is 1. The third-order valence-electron chi connectivity index (χ3n) is 2.88. The van der Waals surface area contributed by atoms with Crippen molar-refractivity contribution < 1.29 is 17.7 Å². The van der Waals surface area contributed by atoms with E-state index in [1.54, 1.807) is 30.3 Å². The van der Waals surface area contributed by atoms with Crippen molar-refractivity contribution in [3.63, 3.8) is 0 Å². The maximum Gasteiger partial charge on any atom is 0.295 e. The van der Waals surface area contributed by atoms with Gasteiger partial charge < -0.3 is 4.74 Å². The van der Waals surface area contributed by atoms with Crippen LogP contribution in [0, 0.1) is 0 Å². The first-order valence-corrected chi connectivity index (χ1v) is 7.60. The first-order valence-electron chi connectivity index (χ1n) is 6.16. The molecular weight excluding hydrogens is 264 g/mol. The summed E-state index contributed by atoms with van der Waals surface area (Å²) in [6, 6.07) is 9.94. The summed E-state index contributed by atoms with van der Waals surface area (Å²) in [5, 5.41) is 1.16. The topological polar surface area (TPSA) is 63.6 Å². The van der Waals surface area contributed by atoms with Gasteiger partial charge in [-0.2, -0.15) is 8.42 Å². The summed E-state index contributed by atoms with van der Waals surface area (Å²) >= 11 is 0. The average molecular weight is 280 g/mol. The molecule has 102 valence electrons. The minimum absolute atomic E-state index is 0.0917. The van der Waals surface area contributed by atoms with Gasteiger partial charge in [0.05, 0.1) is 6.61 Å². The van der Waals surface area contributed by atoms with Gasteiger partial charge in [-0.05, 0) is 18.6 Å². The van der Waals surface area contributed by atoms with Crippen molar-refractivity contribution in [1.82, 2.24) is 0 Å². The molecule has 19 heavy (non-hydrogen) atoms. The SMILES string of the molecule is CCCCOc1cccc2c(S(=O)(=O)O)cccc12. The number of rotatable bonds is 5. The van der Waals surface area contributed by atoms with Crippen molar-refractivity contribution in [3.05, 3.63) is 36.4 Å². The summed E-state index contributed by atoms with van der Waals surface area (Å²) in [6.45, 7) is 2.66. The normalized spacial score (nSPS) is 11.7. The Hall–Kier alpha value is -1.59. The van der Waals surface area contributed by atoms with Gasteiger partial charge in [0.1, 0.15) is 10.6 Å². The van der Waals surface area contributed by atoms with Gasteiger partial charge in [-0.25, -0.2) is 0 Å². The molecule has 0 saturated heterocycles. The first-order chi connectivity index (χ1) is 9.04. The second kappa shape index (κ2) is 5.59. The van der Waals surface area contributed by atoms with E-state index in [1.807, 2.05) is 0 Å². The van der Waals surface area contributed by atoms with Crippen LogP contribution in [0.3, 0.4) is 0 Å². The molecular formula is C14H16O4S. The van der Waals surface area contributed by atoms with E-state index in [0.29, 0.717) is 23.1 Å². The number of fused-ring (bicyclic) bond motifs is 1. The molecule has 0 heterocycles. The highest BCUT2D eigenvalue weighted by atomic mass is 32.2. The second-order valence-electron chi connectivity index (χ2n) is 4.28. The average Bonchev–Trinajstić information content (AvgIpc) is 2.37. The zero-order valence-corrected chi connectivity index (χ0v) is 11.5. The quantitative estimate of drug-likeness (QED) is 0.674. The summed E-state index contributed by atoms with van der Waals surface area (Å²) in [4.78, 5) is -0.0917. The molecule has 0 aliphatic carbocycles. The minimum Gasteiger partial charge on any atom is -0.493 e. The molecule has 0 fully saturated rings. The highest BCUT2D eigenvalue weighted by Crippen LogP contribution is 2.30. The number of hydrogen-bond acceptors (Lipinski definition) is 3. The van der Waals surface area contributed by atoms with Gasteiger partial charge in [0.25, 0.3) is 10.1 Å². The number of hydrogen-bond donors (Lipinski definition) is 1. The van der Waals surface area contributed by atoms with E-state index in [0.717, 1.165) is 12.8 Å². The van der Waals surface area contributed by atoms with Crippen LogP contribution in [0.2, 0.25) is 0 Å². The molecule has 5 heteroatoms. The van der Waals surface area contributed by atoms with E-state index >= 15 is 0 Å². The van der Waals surface area contributed by atoms with Gasteiger partial charge in [0.2, 0.25) is 0 Å². The summed E-state index contributed by atoms with van der Waals surface area (Å²) in [7, 11) is -4.23. The van der Waals surface area contributed by atoms with E-state index in [9.17, 15) is 13.0 Å².